The summed E-state index contributed by atoms with van der Waals surface area (Å²) in [7, 11) is 0. The van der Waals surface area contributed by atoms with Gasteiger partial charge in [-0.05, 0) is 31.2 Å². The number of hydrogen-bond acceptors (Lipinski definition) is 4. The molecule has 1 aromatic heterocycles. The Hall–Kier alpha value is -3.03. The molecule has 0 radical (unpaired) electrons. The SMILES string of the molecule is C/C(=N/NC(=O)c1cn(-c2ccccc2)[nH]c1=O)c1cc(Cl)cc(Cl)c1O. The standard InChI is InChI=1S/C18H14Cl2N4O3/c1-10(13-7-11(19)8-15(20)16(13)25)21-22-17(26)14-9-24(23-18(14)27)12-5-3-2-4-6-12/h2-9,25H,1H3,(H,22,26)(H,23,27)/b21-10-. The second-order valence-electron chi connectivity index (χ2n) is 5.61. The van der Waals surface area contributed by atoms with Crippen LogP contribution in [0.1, 0.15) is 22.8 Å². The van der Waals surface area contributed by atoms with Crippen LogP contribution in [0.15, 0.2) is 58.6 Å². The van der Waals surface area contributed by atoms with E-state index in [0.29, 0.717) is 10.7 Å². The Morgan fingerprint density at radius 2 is 1.89 bits per heavy atom. The van der Waals surface area contributed by atoms with Gasteiger partial charge in [-0.25, -0.2) is 5.43 Å². The molecule has 9 heteroatoms. The van der Waals surface area contributed by atoms with Crippen molar-refractivity contribution >= 4 is 34.8 Å². The Morgan fingerprint density at radius 3 is 2.59 bits per heavy atom. The van der Waals surface area contributed by atoms with Crippen LogP contribution in [-0.2, 0) is 0 Å². The van der Waals surface area contributed by atoms with E-state index in [1.54, 1.807) is 19.1 Å². The van der Waals surface area contributed by atoms with Gasteiger partial charge in [0.2, 0.25) is 0 Å². The van der Waals surface area contributed by atoms with Crippen molar-refractivity contribution in [3.05, 3.63) is 80.2 Å². The lowest BCUT2D eigenvalue weighted by Crippen LogP contribution is -2.24. The zero-order valence-electron chi connectivity index (χ0n) is 14.0. The van der Waals surface area contributed by atoms with E-state index in [1.807, 2.05) is 18.2 Å². The van der Waals surface area contributed by atoms with Crippen LogP contribution in [0.4, 0.5) is 0 Å². The highest BCUT2D eigenvalue weighted by Gasteiger charge is 2.15. The molecular formula is C18H14Cl2N4O3. The lowest BCUT2D eigenvalue weighted by Gasteiger charge is -2.07. The fraction of sp³-hybridized carbons (Fsp3) is 0.0556. The van der Waals surface area contributed by atoms with Crippen molar-refractivity contribution in [1.29, 1.82) is 0 Å². The summed E-state index contributed by atoms with van der Waals surface area (Å²) in [6.45, 7) is 1.56. The fourth-order valence-corrected chi connectivity index (χ4v) is 2.87. The first kappa shape index (κ1) is 18.8. The van der Waals surface area contributed by atoms with Gasteiger partial charge in [-0.3, -0.25) is 19.4 Å². The van der Waals surface area contributed by atoms with Crippen LogP contribution in [-0.4, -0.2) is 26.5 Å². The molecule has 3 rings (SSSR count). The number of para-hydroxylation sites is 1. The number of nitrogens with zero attached hydrogens (tertiary/aromatic N) is 2. The maximum absolute atomic E-state index is 12.3. The third kappa shape index (κ3) is 4.05. The molecule has 138 valence electrons. The van der Waals surface area contributed by atoms with Crippen LogP contribution in [0.2, 0.25) is 10.0 Å². The number of phenols is 1. The van der Waals surface area contributed by atoms with Gasteiger partial charge in [-0.15, -0.1) is 0 Å². The van der Waals surface area contributed by atoms with Crippen LogP contribution in [0.5, 0.6) is 5.75 Å². The zero-order chi connectivity index (χ0) is 19.6. The minimum Gasteiger partial charge on any atom is -0.506 e. The number of aromatic amines is 1. The van der Waals surface area contributed by atoms with Gasteiger partial charge in [-0.1, -0.05) is 41.4 Å². The van der Waals surface area contributed by atoms with Gasteiger partial charge in [-0.2, -0.15) is 5.10 Å². The molecule has 0 saturated heterocycles. The van der Waals surface area contributed by atoms with Crippen LogP contribution in [0, 0.1) is 0 Å². The van der Waals surface area contributed by atoms with Crippen molar-refractivity contribution in [3.8, 4) is 11.4 Å². The smallest absolute Gasteiger partial charge is 0.278 e. The average molecular weight is 405 g/mol. The van der Waals surface area contributed by atoms with Crippen molar-refractivity contribution < 1.29 is 9.90 Å². The molecule has 3 aromatic rings. The summed E-state index contributed by atoms with van der Waals surface area (Å²) in [4.78, 5) is 24.4. The minimum atomic E-state index is -0.696. The maximum Gasteiger partial charge on any atom is 0.278 e. The Bertz CT molecular complexity index is 1090. The predicted octanol–water partition coefficient (Wildman–Crippen LogP) is 3.33. The Balaban J connectivity index is 1.83. The quantitative estimate of drug-likeness (QED) is 0.459. The van der Waals surface area contributed by atoms with Crippen molar-refractivity contribution in [2.75, 3.05) is 0 Å². The van der Waals surface area contributed by atoms with Gasteiger partial charge in [0.25, 0.3) is 11.5 Å². The third-order valence-electron chi connectivity index (χ3n) is 3.75. The molecule has 7 nitrogen and oxygen atoms in total. The molecule has 0 aliphatic heterocycles. The molecule has 2 aromatic carbocycles. The normalized spacial score (nSPS) is 11.4. The van der Waals surface area contributed by atoms with Crippen LogP contribution < -0.4 is 11.0 Å². The number of H-pyrrole nitrogens is 1. The molecule has 0 spiro atoms. The molecule has 0 unspecified atom stereocenters. The van der Waals surface area contributed by atoms with Crippen molar-refractivity contribution in [3.63, 3.8) is 0 Å². The molecule has 0 saturated carbocycles. The molecule has 0 bridgehead atoms. The molecular weight excluding hydrogens is 391 g/mol. The number of benzene rings is 2. The van der Waals surface area contributed by atoms with Gasteiger partial charge >= 0.3 is 0 Å². The highest BCUT2D eigenvalue weighted by atomic mass is 35.5. The fourth-order valence-electron chi connectivity index (χ4n) is 2.38. The summed E-state index contributed by atoms with van der Waals surface area (Å²) < 4.78 is 1.44. The van der Waals surface area contributed by atoms with Crippen LogP contribution in [0.25, 0.3) is 5.69 Å². The van der Waals surface area contributed by atoms with E-state index < -0.39 is 11.5 Å². The number of nitrogens with one attached hydrogen (secondary N) is 2. The van der Waals surface area contributed by atoms with E-state index in [9.17, 15) is 14.7 Å². The monoisotopic (exact) mass is 404 g/mol. The number of aromatic nitrogens is 2. The zero-order valence-corrected chi connectivity index (χ0v) is 15.5. The summed E-state index contributed by atoms with van der Waals surface area (Å²) in [5.41, 5.74) is 2.86. The van der Waals surface area contributed by atoms with Gasteiger partial charge < -0.3 is 5.11 Å². The molecule has 3 N–H and O–H groups in total. The topological polar surface area (TPSA) is 99.5 Å². The number of aromatic hydroxyl groups is 1. The third-order valence-corrected chi connectivity index (χ3v) is 4.25. The van der Waals surface area contributed by atoms with E-state index in [2.05, 4.69) is 15.6 Å². The maximum atomic E-state index is 12.3. The molecule has 1 amide bonds. The largest absolute Gasteiger partial charge is 0.506 e. The number of phenolic OH excluding ortho intramolecular Hbond substituents is 1. The lowest BCUT2D eigenvalue weighted by atomic mass is 10.1. The summed E-state index contributed by atoms with van der Waals surface area (Å²) in [6, 6.07) is 11.9. The lowest BCUT2D eigenvalue weighted by molar-refractivity contribution is 0.0954. The van der Waals surface area contributed by atoms with Crippen molar-refractivity contribution in [2.24, 2.45) is 5.10 Å². The first-order valence-corrected chi connectivity index (χ1v) is 8.52. The number of carbonyl (C=O) groups excluding carboxylic acids is 1. The summed E-state index contributed by atoms with van der Waals surface area (Å²) in [5, 5.41) is 16.9. The van der Waals surface area contributed by atoms with Gasteiger partial charge in [0, 0.05) is 16.8 Å². The molecule has 0 atom stereocenters. The van der Waals surface area contributed by atoms with Crippen molar-refractivity contribution in [2.45, 2.75) is 6.92 Å². The number of hydrazone groups is 1. The summed E-state index contributed by atoms with van der Waals surface area (Å²) in [5.74, 6) is -0.900. The van der Waals surface area contributed by atoms with Crippen LogP contribution in [0.3, 0.4) is 0 Å². The molecule has 0 aliphatic carbocycles. The van der Waals surface area contributed by atoms with E-state index in [0.717, 1.165) is 0 Å². The number of amides is 1. The summed E-state index contributed by atoms with van der Waals surface area (Å²) in [6.07, 6.45) is 1.38. The molecule has 1 heterocycles. The van der Waals surface area contributed by atoms with Gasteiger partial charge in [0.05, 0.1) is 16.4 Å². The van der Waals surface area contributed by atoms with E-state index >= 15 is 0 Å². The van der Waals surface area contributed by atoms with E-state index in [1.165, 1.54) is 23.0 Å². The number of hydrogen-bond donors (Lipinski definition) is 3. The number of carbonyl (C=O) groups is 1. The minimum absolute atomic E-state index is 0.0646. The number of rotatable bonds is 4. The van der Waals surface area contributed by atoms with E-state index in [-0.39, 0.29) is 27.6 Å². The molecule has 0 aliphatic rings. The molecule has 27 heavy (non-hydrogen) atoms. The van der Waals surface area contributed by atoms with E-state index in [4.69, 9.17) is 23.2 Å². The van der Waals surface area contributed by atoms with Crippen molar-refractivity contribution in [1.82, 2.24) is 15.2 Å². The first-order chi connectivity index (χ1) is 12.9. The predicted molar refractivity (Wildman–Crippen MR) is 104 cm³/mol. The highest BCUT2D eigenvalue weighted by Crippen LogP contribution is 2.31. The summed E-state index contributed by atoms with van der Waals surface area (Å²) >= 11 is 11.8. The Labute approximate surface area is 163 Å². The molecule has 0 fully saturated rings. The average Bonchev–Trinajstić information content (AvgIpc) is 3.05. The van der Waals surface area contributed by atoms with Gasteiger partial charge in [0.15, 0.2) is 0 Å². The second-order valence-corrected chi connectivity index (χ2v) is 6.45. The highest BCUT2D eigenvalue weighted by molar-refractivity contribution is 6.36. The van der Waals surface area contributed by atoms with Gasteiger partial charge in [0.1, 0.15) is 11.3 Å². The Kier molecular flexibility index (Phi) is 5.34. The number of halogens is 2. The second kappa shape index (κ2) is 7.69. The first-order valence-electron chi connectivity index (χ1n) is 7.77. The van der Waals surface area contributed by atoms with Crippen LogP contribution >= 0.6 is 23.2 Å². The Morgan fingerprint density at radius 1 is 1.19 bits per heavy atom.